The molecule has 4 heterocycles. The molecule has 10 heteroatoms. The van der Waals surface area contributed by atoms with Gasteiger partial charge in [0.2, 0.25) is 5.78 Å². The van der Waals surface area contributed by atoms with Crippen molar-refractivity contribution in [1.29, 1.82) is 0 Å². The molecule has 0 fully saturated rings. The van der Waals surface area contributed by atoms with Gasteiger partial charge in [-0.15, -0.1) is 0 Å². The zero-order valence-electron chi connectivity index (χ0n) is 23.5. The Bertz CT molecular complexity index is 1860. The molecule has 4 aromatic heterocycles. The number of Topliss-reactive ketones (excluding diaryl/α,β-unsaturated/α-hetero) is 1. The average Bonchev–Trinajstić information content (AvgIpc) is 3.47. The van der Waals surface area contributed by atoms with Crippen LogP contribution < -0.4 is 0 Å². The van der Waals surface area contributed by atoms with E-state index in [1.807, 2.05) is 54.7 Å². The number of carbonyl (C=O) groups is 1. The van der Waals surface area contributed by atoms with Crippen LogP contribution in [0.4, 0.5) is 0 Å². The molecule has 44 heavy (non-hydrogen) atoms. The highest BCUT2D eigenvalue weighted by atomic mass is 35.5. The molecular weight excluding hydrogens is 595 g/mol. The molecule has 8 nitrogen and oxygen atoms in total. The Kier molecular flexibility index (Phi) is 9.86. The largest absolute Gasteiger partial charge is 0.410 e. The van der Waals surface area contributed by atoms with Crippen molar-refractivity contribution in [2.75, 3.05) is 0 Å². The fourth-order valence-corrected chi connectivity index (χ4v) is 4.82. The Balaban J connectivity index is 0.000000187. The maximum absolute atomic E-state index is 12.1. The Morgan fingerprint density at radius 3 is 1.91 bits per heavy atom. The lowest BCUT2D eigenvalue weighted by Gasteiger charge is -2.11. The number of halogens is 2. The summed E-state index contributed by atoms with van der Waals surface area (Å²) in [6.07, 6.45) is 10.2. The number of ketones is 1. The minimum atomic E-state index is -0.375. The Morgan fingerprint density at radius 1 is 0.727 bits per heavy atom. The third-order valence-electron chi connectivity index (χ3n) is 6.65. The first-order valence-corrected chi connectivity index (χ1v) is 14.4. The maximum Gasteiger partial charge on any atom is 0.215 e. The minimum absolute atomic E-state index is 0.0280. The Hall–Kier alpha value is -5.18. The van der Waals surface area contributed by atoms with E-state index in [1.165, 1.54) is 12.4 Å². The molecule has 0 aliphatic rings. The highest BCUT2D eigenvalue weighted by Gasteiger charge is 2.20. The normalized spacial score (nSPS) is 11.0. The first-order chi connectivity index (χ1) is 21.5. The number of aromatic nitrogens is 5. The van der Waals surface area contributed by atoms with E-state index in [0.29, 0.717) is 21.2 Å². The van der Waals surface area contributed by atoms with E-state index in [-0.39, 0.29) is 11.5 Å². The Morgan fingerprint density at radius 2 is 1.34 bits per heavy atom. The Labute approximate surface area is 264 Å². The number of nitrogens with zero attached hydrogens (tertiary/aromatic N) is 6. The highest BCUT2D eigenvalue weighted by Crippen LogP contribution is 2.36. The number of oxime groups is 1. The molecule has 0 radical (unpaired) electrons. The second kappa shape index (κ2) is 14.3. The van der Waals surface area contributed by atoms with Gasteiger partial charge in [0.25, 0.3) is 0 Å². The minimum Gasteiger partial charge on any atom is -0.410 e. The quantitative estimate of drug-likeness (QED) is 0.0835. The second-order valence-electron chi connectivity index (χ2n) is 9.38. The predicted molar refractivity (Wildman–Crippen MR) is 173 cm³/mol. The molecule has 0 saturated heterocycles. The highest BCUT2D eigenvalue weighted by molar-refractivity contribution is 6.51. The maximum atomic E-state index is 12.1. The SMILES string of the molecule is CCn1c(-c2cccnc2)nc(-c2ccncc2)c1-c1ccc(Cl)cc1.O=C(/C(=N/O)c1ccncc1)c1ccc(Cl)cc1. The topological polar surface area (TPSA) is 106 Å². The van der Waals surface area contributed by atoms with Crippen LogP contribution in [0.1, 0.15) is 22.8 Å². The zero-order chi connectivity index (χ0) is 30.9. The molecule has 0 bridgehead atoms. The van der Waals surface area contributed by atoms with Gasteiger partial charge < -0.3 is 9.77 Å². The van der Waals surface area contributed by atoms with Crippen molar-refractivity contribution in [3.63, 3.8) is 0 Å². The van der Waals surface area contributed by atoms with Crippen LogP contribution in [-0.2, 0) is 6.54 Å². The molecule has 0 aliphatic carbocycles. The van der Waals surface area contributed by atoms with Crippen molar-refractivity contribution in [2.24, 2.45) is 5.16 Å². The van der Waals surface area contributed by atoms with Crippen LogP contribution in [-0.4, -0.2) is 41.2 Å². The van der Waals surface area contributed by atoms with E-state index in [4.69, 9.17) is 33.4 Å². The van der Waals surface area contributed by atoms with Crippen molar-refractivity contribution < 1.29 is 10.0 Å². The standard InChI is InChI=1S/C21H17ClN4.C13H9ClN2O2/c1-2-26-20(16-5-7-18(22)8-6-16)19(15-9-12-23-13-10-15)25-21(26)17-4-3-11-24-14-17;14-11-3-1-10(2-4-11)13(17)12(16-18)9-5-7-15-8-6-9/h3-14H,2H2,1H3;1-8,18H/b;16-12+. The van der Waals surface area contributed by atoms with Crippen LogP contribution >= 0.6 is 23.2 Å². The number of rotatable bonds is 7. The smallest absolute Gasteiger partial charge is 0.215 e. The van der Waals surface area contributed by atoms with E-state index in [0.717, 1.165) is 40.4 Å². The van der Waals surface area contributed by atoms with Gasteiger partial charge in [-0.1, -0.05) is 40.5 Å². The van der Waals surface area contributed by atoms with E-state index in [2.05, 4.69) is 31.6 Å². The molecule has 6 aromatic rings. The van der Waals surface area contributed by atoms with Crippen LogP contribution in [0, 0.1) is 0 Å². The first-order valence-electron chi connectivity index (χ1n) is 13.6. The van der Waals surface area contributed by atoms with Crippen molar-refractivity contribution in [1.82, 2.24) is 24.5 Å². The number of hydrogen-bond acceptors (Lipinski definition) is 7. The summed E-state index contributed by atoms with van der Waals surface area (Å²) in [4.78, 5) is 29.3. The summed E-state index contributed by atoms with van der Waals surface area (Å²) in [6.45, 7) is 2.91. The van der Waals surface area contributed by atoms with Gasteiger partial charge in [-0.2, -0.15) is 0 Å². The van der Waals surface area contributed by atoms with Crippen molar-refractivity contribution in [2.45, 2.75) is 13.5 Å². The van der Waals surface area contributed by atoms with Crippen molar-refractivity contribution in [3.8, 4) is 33.9 Å². The fraction of sp³-hybridized carbons (Fsp3) is 0.0588. The van der Waals surface area contributed by atoms with Gasteiger partial charge in [0, 0.05) is 81.6 Å². The second-order valence-corrected chi connectivity index (χ2v) is 10.3. The molecule has 0 saturated carbocycles. The predicted octanol–water partition coefficient (Wildman–Crippen LogP) is 8.14. The molecule has 1 N–H and O–H groups in total. The summed E-state index contributed by atoms with van der Waals surface area (Å²) in [6, 6.07) is 25.4. The summed E-state index contributed by atoms with van der Waals surface area (Å²) in [5.41, 5.74) is 5.97. The molecule has 0 unspecified atom stereocenters. The molecule has 0 aliphatic heterocycles. The number of imidazole rings is 1. The van der Waals surface area contributed by atoms with Gasteiger partial charge in [0.15, 0.2) is 5.71 Å². The van der Waals surface area contributed by atoms with Crippen LogP contribution in [0.3, 0.4) is 0 Å². The third-order valence-corrected chi connectivity index (χ3v) is 7.15. The van der Waals surface area contributed by atoms with E-state index >= 15 is 0 Å². The molecule has 0 amide bonds. The zero-order valence-corrected chi connectivity index (χ0v) is 25.1. The van der Waals surface area contributed by atoms with E-state index in [1.54, 1.807) is 55.0 Å². The summed E-state index contributed by atoms with van der Waals surface area (Å²) < 4.78 is 2.22. The summed E-state index contributed by atoms with van der Waals surface area (Å²) in [7, 11) is 0. The van der Waals surface area contributed by atoms with Gasteiger partial charge in [-0.25, -0.2) is 4.98 Å². The molecule has 0 spiro atoms. The van der Waals surface area contributed by atoms with Crippen molar-refractivity contribution in [3.05, 3.63) is 143 Å². The monoisotopic (exact) mass is 620 g/mol. The lowest BCUT2D eigenvalue weighted by molar-refractivity contribution is 0.106. The molecular formula is C34H26Cl2N6O2. The van der Waals surface area contributed by atoms with Crippen LogP contribution in [0.15, 0.2) is 127 Å². The lowest BCUT2D eigenvalue weighted by Crippen LogP contribution is -2.15. The van der Waals surface area contributed by atoms with E-state index < -0.39 is 0 Å². The fourth-order valence-electron chi connectivity index (χ4n) is 4.57. The van der Waals surface area contributed by atoms with Gasteiger partial charge in [-0.3, -0.25) is 19.7 Å². The van der Waals surface area contributed by atoms with Crippen LogP contribution in [0.5, 0.6) is 0 Å². The lowest BCUT2D eigenvalue weighted by atomic mass is 10.0. The van der Waals surface area contributed by atoms with Gasteiger partial charge >= 0.3 is 0 Å². The number of carbonyl (C=O) groups excluding carboxylic acids is 1. The number of benzene rings is 2. The first kappa shape index (κ1) is 30.3. The number of hydrogen-bond donors (Lipinski definition) is 1. The molecule has 2 aromatic carbocycles. The van der Waals surface area contributed by atoms with Crippen molar-refractivity contribution >= 4 is 34.7 Å². The summed E-state index contributed by atoms with van der Waals surface area (Å²) in [5, 5.41) is 13.3. The third kappa shape index (κ3) is 6.89. The average molecular weight is 622 g/mol. The molecule has 6 rings (SSSR count). The van der Waals surface area contributed by atoms with E-state index in [9.17, 15) is 4.79 Å². The number of pyridine rings is 3. The molecule has 218 valence electrons. The van der Waals surface area contributed by atoms with Crippen LogP contribution in [0.2, 0.25) is 10.0 Å². The van der Waals surface area contributed by atoms with Gasteiger partial charge in [0.05, 0.1) is 11.4 Å². The summed E-state index contributed by atoms with van der Waals surface area (Å²) in [5.74, 6) is 0.526. The van der Waals surface area contributed by atoms with Gasteiger partial charge in [0.1, 0.15) is 5.82 Å². The van der Waals surface area contributed by atoms with Crippen LogP contribution in [0.25, 0.3) is 33.9 Å². The van der Waals surface area contributed by atoms with Gasteiger partial charge in [-0.05, 0) is 79.7 Å². The molecule has 0 atom stereocenters. The summed E-state index contributed by atoms with van der Waals surface area (Å²) >= 11 is 11.8.